The van der Waals surface area contributed by atoms with Gasteiger partial charge in [-0.1, -0.05) is 18.8 Å². The van der Waals surface area contributed by atoms with E-state index in [0.29, 0.717) is 6.42 Å². The average molecular weight is 141 g/mol. The van der Waals surface area contributed by atoms with Gasteiger partial charge in [-0.15, -0.1) is 0 Å². The molecule has 2 unspecified atom stereocenters. The molecule has 0 aromatic heterocycles. The molecule has 2 nitrogen and oxygen atoms in total. The minimum atomic E-state index is -1.28. The smallest absolute Gasteiger partial charge is 0.150 e. The molecule has 1 radical (unpaired) electrons. The van der Waals surface area contributed by atoms with E-state index < -0.39 is 11.7 Å². The van der Waals surface area contributed by atoms with Crippen LogP contribution < -0.4 is 0 Å². The van der Waals surface area contributed by atoms with Gasteiger partial charge in [0, 0.05) is 6.92 Å². The fourth-order valence-electron chi connectivity index (χ4n) is 0.641. The fourth-order valence-corrected chi connectivity index (χ4v) is 0.641. The van der Waals surface area contributed by atoms with Crippen LogP contribution in [0.4, 0.5) is 0 Å². The summed E-state index contributed by atoms with van der Waals surface area (Å²) in [6.07, 6.45) is -0.417. The van der Waals surface area contributed by atoms with Crippen LogP contribution in [0, 0.1) is 18.8 Å². The number of rotatable bonds is 2. The quantitative estimate of drug-likeness (QED) is 0.545. The van der Waals surface area contributed by atoms with Gasteiger partial charge in [0.25, 0.3) is 0 Å². The molecule has 0 saturated carbocycles. The van der Waals surface area contributed by atoms with Crippen molar-refractivity contribution in [3.8, 4) is 11.8 Å². The van der Waals surface area contributed by atoms with E-state index in [0.717, 1.165) is 0 Å². The Bertz CT molecular complexity index is 152. The molecule has 2 atom stereocenters. The Kier molecular flexibility index (Phi) is 3.41. The van der Waals surface area contributed by atoms with Gasteiger partial charge >= 0.3 is 0 Å². The highest BCUT2D eigenvalue weighted by Crippen LogP contribution is 2.13. The third-order valence-electron chi connectivity index (χ3n) is 1.53. The zero-order valence-electron chi connectivity index (χ0n) is 6.39. The molecule has 0 rings (SSSR count). The molecule has 2 N–H and O–H groups in total. The van der Waals surface area contributed by atoms with Gasteiger partial charge in [-0.3, -0.25) is 0 Å². The molecule has 0 saturated heterocycles. The lowest BCUT2D eigenvalue weighted by atomic mass is 9.96. The Morgan fingerprint density at radius 2 is 2.20 bits per heavy atom. The van der Waals surface area contributed by atoms with Gasteiger partial charge in [-0.2, -0.15) is 0 Å². The molecule has 2 heteroatoms. The van der Waals surface area contributed by atoms with Gasteiger partial charge in [0.2, 0.25) is 0 Å². The normalized spacial score (nSPS) is 18.5. The van der Waals surface area contributed by atoms with E-state index in [2.05, 4.69) is 18.8 Å². The SMILES string of the molecule is [CH2]C#CC(O)(CC)C(C)O. The Balaban J connectivity index is 4.33. The summed E-state index contributed by atoms with van der Waals surface area (Å²) in [4.78, 5) is 0. The second kappa shape index (κ2) is 3.60. The number of aliphatic hydroxyl groups is 2. The number of hydrogen-bond donors (Lipinski definition) is 2. The maximum atomic E-state index is 9.43. The molecule has 0 aliphatic heterocycles. The van der Waals surface area contributed by atoms with Crippen LogP contribution in [-0.2, 0) is 0 Å². The lowest BCUT2D eigenvalue weighted by Crippen LogP contribution is -2.38. The van der Waals surface area contributed by atoms with Crippen LogP contribution in [0.15, 0.2) is 0 Å². The molecule has 0 aliphatic rings. The van der Waals surface area contributed by atoms with Crippen molar-refractivity contribution in [2.24, 2.45) is 0 Å². The van der Waals surface area contributed by atoms with Gasteiger partial charge in [0.05, 0.1) is 6.10 Å². The van der Waals surface area contributed by atoms with Crippen molar-refractivity contribution in [2.45, 2.75) is 32.0 Å². The van der Waals surface area contributed by atoms with E-state index in [4.69, 9.17) is 5.11 Å². The third kappa shape index (κ3) is 2.02. The van der Waals surface area contributed by atoms with Crippen molar-refractivity contribution in [1.82, 2.24) is 0 Å². The van der Waals surface area contributed by atoms with Crippen molar-refractivity contribution in [3.05, 3.63) is 6.92 Å². The molecular weight excluding hydrogens is 128 g/mol. The second-order valence-corrected chi connectivity index (χ2v) is 2.26. The number of hydrogen-bond acceptors (Lipinski definition) is 2. The minimum absolute atomic E-state index is 0.410. The molecule has 10 heavy (non-hydrogen) atoms. The van der Waals surface area contributed by atoms with E-state index in [1.807, 2.05) is 0 Å². The average Bonchev–Trinajstić information content (AvgIpc) is 1.88. The van der Waals surface area contributed by atoms with Gasteiger partial charge in [0.15, 0.2) is 5.60 Å². The van der Waals surface area contributed by atoms with Crippen LogP contribution in [0.3, 0.4) is 0 Å². The van der Waals surface area contributed by atoms with Crippen molar-refractivity contribution >= 4 is 0 Å². The summed E-state index contributed by atoms with van der Waals surface area (Å²) in [5.74, 6) is 4.78. The monoisotopic (exact) mass is 141 g/mol. The summed E-state index contributed by atoms with van der Waals surface area (Å²) in [7, 11) is 0. The summed E-state index contributed by atoms with van der Waals surface area (Å²) >= 11 is 0. The Morgan fingerprint density at radius 1 is 1.70 bits per heavy atom. The van der Waals surface area contributed by atoms with Crippen LogP contribution >= 0.6 is 0 Å². The Morgan fingerprint density at radius 3 is 2.30 bits per heavy atom. The second-order valence-electron chi connectivity index (χ2n) is 2.26. The topological polar surface area (TPSA) is 40.5 Å². The minimum Gasteiger partial charge on any atom is -0.389 e. The lowest BCUT2D eigenvalue weighted by Gasteiger charge is -2.23. The Hall–Kier alpha value is -0.520. The summed E-state index contributed by atoms with van der Waals surface area (Å²) in [5, 5.41) is 18.5. The van der Waals surface area contributed by atoms with Crippen molar-refractivity contribution in [2.75, 3.05) is 0 Å². The van der Waals surface area contributed by atoms with E-state index in [1.165, 1.54) is 6.92 Å². The first-order chi connectivity index (χ1) is 4.56. The van der Waals surface area contributed by atoms with Gasteiger partial charge in [-0.05, 0) is 13.3 Å². The highest BCUT2D eigenvalue weighted by atomic mass is 16.3. The van der Waals surface area contributed by atoms with Gasteiger partial charge in [-0.25, -0.2) is 0 Å². The molecule has 0 heterocycles. The van der Waals surface area contributed by atoms with Crippen LogP contribution in [-0.4, -0.2) is 21.9 Å². The standard InChI is InChI=1S/C8H13O2/c1-4-6-8(10,5-2)7(3)9/h7,9-10H,1,5H2,2-3H3. The third-order valence-corrected chi connectivity index (χ3v) is 1.53. The zero-order valence-corrected chi connectivity index (χ0v) is 6.39. The van der Waals surface area contributed by atoms with Crippen molar-refractivity contribution in [3.63, 3.8) is 0 Å². The largest absolute Gasteiger partial charge is 0.389 e. The molecule has 0 amide bonds. The fraction of sp³-hybridized carbons (Fsp3) is 0.625. The summed E-state index contributed by atoms with van der Waals surface area (Å²) in [6, 6.07) is 0. The lowest BCUT2D eigenvalue weighted by molar-refractivity contribution is -0.0239. The van der Waals surface area contributed by atoms with Gasteiger partial charge < -0.3 is 10.2 Å². The molecule has 57 valence electrons. The van der Waals surface area contributed by atoms with Crippen LogP contribution in [0.1, 0.15) is 20.3 Å². The molecule has 0 aromatic carbocycles. The van der Waals surface area contributed by atoms with E-state index in [1.54, 1.807) is 6.92 Å². The summed E-state index contributed by atoms with van der Waals surface area (Å²) < 4.78 is 0. The van der Waals surface area contributed by atoms with Crippen molar-refractivity contribution in [1.29, 1.82) is 0 Å². The highest BCUT2D eigenvalue weighted by Gasteiger charge is 2.27. The first-order valence-electron chi connectivity index (χ1n) is 3.26. The van der Waals surface area contributed by atoms with E-state index in [-0.39, 0.29) is 0 Å². The van der Waals surface area contributed by atoms with Gasteiger partial charge in [0.1, 0.15) is 0 Å². The van der Waals surface area contributed by atoms with Crippen LogP contribution in [0.25, 0.3) is 0 Å². The predicted molar refractivity (Wildman–Crippen MR) is 40.1 cm³/mol. The molecule has 0 aromatic rings. The summed E-state index contributed by atoms with van der Waals surface area (Å²) in [5.41, 5.74) is -1.28. The molecule has 0 bridgehead atoms. The predicted octanol–water partition coefficient (Wildman–Crippen LogP) is 0.346. The van der Waals surface area contributed by atoms with Crippen LogP contribution in [0.5, 0.6) is 0 Å². The number of aliphatic hydroxyl groups excluding tert-OH is 1. The first-order valence-corrected chi connectivity index (χ1v) is 3.26. The molecule has 0 fully saturated rings. The van der Waals surface area contributed by atoms with E-state index in [9.17, 15) is 5.11 Å². The summed E-state index contributed by atoms with van der Waals surface area (Å²) in [6.45, 7) is 6.54. The highest BCUT2D eigenvalue weighted by molar-refractivity contribution is 5.16. The molecular formula is C8H13O2. The zero-order chi connectivity index (χ0) is 8.20. The van der Waals surface area contributed by atoms with Crippen molar-refractivity contribution < 1.29 is 10.2 Å². The van der Waals surface area contributed by atoms with E-state index >= 15 is 0 Å². The van der Waals surface area contributed by atoms with Crippen LogP contribution in [0.2, 0.25) is 0 Å². The molecule has 0 spiro atoms. The maximum Gasteiger partial charge on any atom is 0.150 e. The Labute approximate surface area is 61.9 Å². The maximum absolute atomic E-state index is 9.43. The first kappa shape index (κ1) is 9.48. The molecule has 0 aliphatic carbocycles.